The number of rotatable bonds is 2. The summed E-state index contributed by atoms with van der Waals surface area (Å²) in [6.45, 7) is 0. The Morgan fingerprint density at radius 1 is 2.00 bits per heavy atom. The highest BCUT2D eigenvalue weighted by Crippen LogP contribution is 1.83. The summed E-state index contributed by atoms with van der Waals surface area (Å²) in [7, 11) is 1.31. The average molecular weight is 122 g/mol. The SMILES string of the molecule is COC(=O)[CH]CCl. The summed E-state index contributed by atoms with van der Waals surface area (Å²) in [6, 6.07) is 0. The minimum atomic E-state index is -0.380. The molecule has 0 fully saturated rings. The molecular formula is C4H6ClO2. The fraction of sp³-hybridized carbons (Fsp3) is 0.500. The number of halogens is 1. The summed E-state index contributed by atoms with van der Waals surface area (Å²) in [4.78, 5) is 10.0. The zero-order valence-corrected chi connectivity index (χ0v) is 4.73. The van der Waals surface area contributed by atoms with E-state index in [0.29, 0.717) is 0 Å². The van der Waals surface area contributed by atoms with Crippen LogP contribution in [0, 0.1) is 6.42 Å². The molecule has 0 bridgehead atoms. The maximum absolute atomic E-state index is 10.0. The van der Waals surface area contributed by atoms with Gasteiger partial charge in [-0.3, -0.25) is 4.79 Å². The van der Waals surface area contributed by atoms with Gasteiger partial charge in [-0.25, -0.2) is 0 Å². The summed E-state index contributed by atoms with van der Waals surface area (Å²) >= 11 is 5.12. The lowest BCUT2D eigenvalue weighted by Crippen LogP contribution is -2.00. The molecule has 3 heteroatoms. The number of carbonyl (C=O) groups excluding carboxylic acids is 1. The minimum absolute atomic E-state index is 0.215. The van der Waals surface area contributed by atoms with Crippen molar-refractivity contribution in [3.05, 3.63) is 6.42 Å². The third-order valence-corrected chi connectivity index (χ3v) is 0.599. The highest BCUT2D eigenvalue weighted by atomic mass is 35.5. The number of esters is 1. The number of alkyl halides is 1. The number of methoxy groups -OCH3 is 1. The molecule has 7 heavy (non-hydrogen) atoms. The minimum Gasteiger partial charge on any atom is -0.469 e. The first-order chi connectivity index (χ1) is 3.31. The van der Waals surface area contributed by atoms with Crippen LogP contribution in [-0.2, 0) is 9.53 Å². The van der Waals surface area contributed by atoms with Crippen LogP contribution < -0.4 is 0 Å². The second-order valence-corrected chi connectivity index (χ2v) is 1.19. The van der Waals surface area contributed by atoms with E-state index in [1.807, 2.05) is 0 Å². The Bertz CT molecular complexity index is 62.7. The maximum atomic E-state index is 10.0. The van der Waals surface area contributed by atoms with Gasteiger partial charge in [0.15, 0.2) is 0 Å². The summed E-state index contributed by atoms with van der Waals surface area (Å²) in [5.41, 5.74) is 0. The van der Waals surface area contributed by atoms with Crippen molar-refractivity contribution in [3.63, 3.8) is 0 Å². The van der Waals surface area contributed by atoms with Crippen LogP contribution in [0.2, 0.25) is 0 Å². The predicted octanol–water partition coefficient (Wildman–Crippen LogP) is 0.602. The van der Waals surface area contributed by atoms with E-state index in [1.165, 1.54) is 13.5 Å². The van der Waals surface area contributed by atoms with Gasteiger partial charge in [0, 0.05) is 5.88 Å². The van der Waals surface area contributed by atoms with Gasteiger partial charge in [-0.15, -0.1) is 11.6 Å². The van der Waals surface area contributed by atoms with Gasteiger partial charge in [0.2, 0.25) is 0 Å². The monoisotopic (exact) mass is 121 g/mol. The van der Waals surface area contributed by atoms with Crippen molar-refractivity contribution in [1.82, 2.24) is 0 Å². The van der Waals surface area contributed by atoms with E-state index in [4.69, 9.17) is 11.6 Å². The van der Waals surface area contributed by atoms with Gasteiger partial charge >= 0.3 is 5.97 Å². The zero-order chi connectivity index (χ0) is 5.70. The molecule has 0 unspecified atom stereocenters. The molecule has 0 atom stereocenters. The van der Waals surface area contributed by atoms with E-state index in [1.54, 1.807) is 0 Å². The summed E-state index contributed by atoms with van der Waals surface area (Å²) in [5, 5.41) is 0. The Kier molecular flexibility index (Phi) is 3.80. The lowest BCUT2D eigenvalue weighted by Gasteiger charge is -1.89. The van der Waals surface area contributed by atoms with Crippen LogP contribution in [0.25, 0.3) is 0 Å². The van der Waals surface area contributed by atoms with E-state index in [0.717, 1.165) is 0 Å². The van der Waals surface area contributed by atoms with Gasteiger partial charge in [-0.2, -0.15) is 0 Å². The van der Waals surface area contributed by atoms with Gasteiger partial charge in [-0.05, 0) is 0 Å². The molecule has 0 rings (SSSR count). The zero-order valence-electron chi connectivity index (χ0n) is 3.98. The van der Waals surface area contributed by atoms with Crippen molar-refractivity contribution in [3.8, 4) is 0 Å². The second kappa shape index (κ2) is 3.93. The van der Waals surface area contributed by atoms with Crippen LogP contribution in [0.3, 0.4) is 0 Å². The molecule has 2 nitrogen and oxygen atoms in total. The largest absolute Gasteiger partial charge is 0.469 e. The lowest BCUT2D eigenvalue weighted by molar-refractivity contribution is -0.136. The fourth-order valence-electron chi connectivity index (χ4n) is 0.146. The maximum Gasteiger partial charge on any atom is 0.310 e. The molecular weight excluding hydrogens is 115 g/mol. The van der Waals surface area contributed by atoms with E-state index < -0.39 is 0 Å². The molecule has 1 radical (unpaired) electrons. The third-order valence-electron chi connectivity index (χ3n) is 0.445. The number of hydrogen-bond donors (Lipinski definition) is 0. The molecule has 0 heterocycles. The van der Waals surface area contributed by atoms with Crippen molar-refractivity contribution in [2.45, 2.75) is 0 Å². The Hall–Kier alpha value is -0.240. The molecule has 0 aromatic heterocycles. The predicted molar refractivity (Wildman–Crippen MR) is 27.0 cm³/mol. The van der Waals surface area contributed by atoms with Crippen molar-refractivity contribution in [2.75, 3.05) is 13.0 Å². The summed E-state index contributed by atoms with van der Waals surface area (Å²) in [5.74, 6) is -0.165. The molecule has 41 valence electrons. The van der Waals surface area contributed by atoms with Crippen LogP contribution in [0.4, 0.5) is 0 Å². The Labute approximate surface area is 47.4 Å². The van der Waals surface area contributed by atoms with Gasteiger partial charge in [0.05, 0.1) is 13.5 Å². The van der Waals surface area contributed by atoms with Crippen molar-refractivity contribution < 1.29 is 9.53 Å². The standard InChI is InChI=1S/C4H6ClO2/c1-7-4(6)2-3-5/h2H,3H2,1H3. The van der Waals surface area contributed by atoms with Crippen LogP contribution in [0.1, 0.15) is 0 Å². The molecule has 0 saturated carbocycles. The quantitative estimate of drug-likeness (QED) is 0.395. The van der Waals surface area contributed by atoms with Crippen molar-refractivity contribution in [1.29, 1.82) is 0 Å². The Balaban J connectivity index is 3.00. The van der Waals surface area contributed by atoms with Gasteiger partial charge in [0.25, 0.3) is 0 Å². The molecule has 0 aliphatic heterocycles. The first-order valence-corrected chi connectivity index (χ1v) is 2.32. The molecule has 0 spiro atoms. The van der Waals surface area contributed by atoms with E-state index in [2.05, 4.69) is 4.74 Å². The van der Waals surface area contributed by atoms with Gasteiger partial charge in [-0.1, -0.05) is 0 Å². The van der Waals surface area contributed by atoms with E-state index in [9.17, 15) is 4.79 Å². The summed E-state index contributed by atoms with van der Waals surface area (Å²) < 4.78 is 4.21. The third kappa shape index (κ3) is 3.59. The molecule has 0 amide bonds. The lowest BCUT2D eigenvalue weighted by atomic mass is 10.5. The molecule has 0 saturated heterocycles. The number of hydrogen-bond acceptors (Lipinski definition) is 2. The number of carbonyl (C=O) groups is 1. The molecule has 0 aliphatic rings. The topological polar surface area (TPSA) is 26.3 Å². The second-order valence-electron chi connectivity index (χ2n) is 0.882. The Morgan fingerprint density at radius 3 is 2.71 bits per heavy atom. The Morgan fingerprint density at radius 2 is 2.57 bits per heavy atom. The van der Waals surface area contributed by atoms with Crippen LogP contribution in [-0.4, -0.2) is 19.0 Å². The first-order valence-electron chi connectivity index (χ1n) is 1.78. The highest BCUT2D eigenvalue weighted by molar-refractivity contribution is 6.20. The molecule has 0 aliphatic carbocycles. The normalized spacial score (nSPS) is 8.29. The van der Waals surface area contributed by atoms with E-state index >= 15 is 0 Å². The molecule has 0 N–H and O–H groups in total. The highest BCUT2D eigenvalue weighted by Gasteiger charge is 1.94. The fourth-order valence-corrected chi connectivity index (χ4v) is 0.272. The number of ether oxygens (including phenoxy) is 1. The van der Waals surface area contributed by atoms with Crippen molar-refractivity contribution >= 4 is 17.6 Å². The first kappa shape index (κ1) is 6.76. The summed E-state index contributed by atoms with van der Waals surface area (Å²) in [6.07, 6.45) is 1.25. The molecule has 0 aromatic carbocycles. The molecule has 0 aromatic rings. The van der Waals surface area contributed by atoms with Crippen molar-refractivity contribution in [2.24, 2.45) is 0 Å². The average Bonchev–Trinajstić information content (AvgIpc) is 1.68. The van der Waals surface area contributed by atoms with Crippen LogP contribution in [0.15, 0.2) is 0 Å². The smallest absolute Gasteiger partial charge is 0.310 e. The van der Waals surface area contributed by atoms with Gasteiger partial charge in [0.1, 0.15) is 0 Å². The van der Waals surface area contributed by atoms with Gasteiger partial charge < -0.3 is 4.74 Å². The van der Waals surface area contributed by atoms with Crippen LogP contribution >= 0.6 is 11.6 Å². The van der Waals surface area contributed by atoms with Crippen LogP contribution in [0.5, 0.6) is 0 Å². The van der Waals surface area contributed by atoms with E-state index in [-0.39, 0.29) is 11.8 Å².